The number of carbonyl (C=O) groups excluding carboxylic acids is 1. The van der Waals surface area contributed by atoms with Crippen LogP contribution in [0.1, 0.15) is 25.7 Å². The number of nitrogens with one attached hydrogen (secondary N) is 1. The molecule has 52 valence electrons. The summed E-state index contributed by atoms with van der Waals surface area (Å²) in [7, 11) is 1.92. The maximum atomic E-state index is 10.8. The molecule has 0 spiro atoms. The number of hydrogen-bond donors (Lipinski definition) is 1. The van der Waals surface area contributed by atoms with Gasteiger partial charge in [0.1, 0.15) is 5.78 Å². The third kappa shape index (κ3) is 1.79. The average molecular weight is 127 g/mol. The van der Waals surface area contributed by atoms with Crippen molar-refractivity contribution in [3.63, 3.8) is 0 Å². The van der Waals surface area contributed by atoms with Crippen LogP contribution >= 0.6 is 0 Å². The Morgan fingerprint density at radius 1 is 1.67 bits per heavy atom. The van der Waals surface area contributed by atoms with Crippen LogP contribution in [0.3, 0.4) is 0 Å². The highest BCUT2D eigenvalue weighted by Crippen LogP contribution is 2.13. The van der Waals surface area contributed by atoms with Gasteiger partial charge in [-0.2, -0.15) is 0 Å². The largest absolute Gasteiger partial charge is 0.317 e. The Bertz CT molecular complexity index is 111. The summed E-state index contributed by atoms with van der Waals surface area (Å²) >= 11 is 0. The molecule has 0 aromatic heterocycles. The van der Waals surface area contributed by atoms with E-state index in [4.69, 9.17) is 0 Å². The van der Waals surface area contributed by atoms with Gasteiger partial charge >= 0.3 is 0 Å². The molecule has 1 aliphatic rings. The van der Waals surface area contributed by atoms with E-state index in [-0.39, 0.29) is 0 Å². The highest BCUT2D eigenvalue weighted by molar-refractivity contribution is 5.79. The lowest BCUT2D eigenvalue weighted by Crippen LogP contribution is -2.31. The fourth-order valence-electron chi connectivity index (χ4n) is 1.27. The zero-order valence-electron chi connectivity index (χ0n) is 5.81. The Morgan fingerprint density at radius 2 is 2.44 bits per heavy atom. The minimum Gasteiger partial charge on any atom is -0.317 e. The van der Waals surface area contributed by atoms with Crippen molar-refractivity contribution in [1.82, 2.24) is 5.32 Å². The molecule has 0 saturated heterocycles. The first kappa shape index (κ1) is 6.75. The lowest BCUT2D eigenvalue weighted by atomic mass is 9.95. The predicted octanol–water partition coefficient (Wildman–Crippen LogP) is 0.718. The number of rotatable bonds is 1. The average Bonchev–Trinajstić information content (AvgIpc) is 1.88. The van der Waals surface area contributed by atoms with Gasteiger partial charge < -0.3 is 5.32 Å². The molecule has 1 fully saturated rings. The minimum absolute atomic E-state index is 0.417. The molecule has 0 aromatic rings. The van der Waals surface area contributed by atoms with Crippen molar-refractivity contribution < 1.29 is 4.79 Å². The molecule has 1 saturated carbocycles. The molecule has 0 aromatic carbocycles. The van der Waals surface area contributed by atoms with Crippen molar-refractivity contribution in [3.05, 3.63) is 0 Å². The van der Waals surface area contributed by atoms with Gasteiger partial charge in [-0.05, 0) is 19.9 Å². The second kappa shape index (κ2) is 2.97. The van der Waals surface area contributed by atoms with E-state index in [1.807, 2.05) is 7.05 Å². The SMILES string of the molecule is CN[C@@H]1CCCC(=O)C1. The Kier molecular flexibility index (Phi) is 2.22. The molecule has 1 aliphatic carbocycles. The first-order chi connectivity index (χ1) is 4.33. The number of carbonyl (C=O) groups is 1. The van der Waals surface area contributed by atoms with Crippen LogP contribution < -0.4 is 5.32 Å². The van der Waals surface area contributed by atoms with Gasteiger partial charge in [0.2, 0.25) is 0 Å². The summed E-state index contributed by atoms with van der Waals surface area (Å²) in [5.41, 5.74) is 0. The standard InChI is InChI=1S/C7H13NO/c1-8-6-3-2-4-7(9)5-6/h6,8H,2-5H2,1H3/t6-/m1/s1. The second-order valence-electron chi connectivity index (χ2n) is 2.62. The Balaban J connectivity index is 2.32. The molecule has 2 nitrogen and oxygen atoms in total. The van der Waals surface area contributed by atoms with E-state index >= 15 is 0 Å². The minimum atomic E-state index is 0.417. The van der Waals surface area contributed by atoms with E-state index in [2.05, 4.69) is 5.32 Å². The van der Waals surface area contributed by atoms with Crippen molar-refractivity contribution >= 4 is 5.78 Å². The van der Waals surface area contributed by atoms with Gasteiger partial charge in [-0.15, -0.1) is 0 Å². The zero-order chi connectivity index (χ0) is 6.69. The van der Waals surface area contributed by atoms with Crippen LogP contribution in [0.4, 0.5) is 0 Å². The smallest absolute Gasteiger partial charge is 0.134 e. The lowest BCUT2D eigenvalue weighted by Gasteiger charge is -2.19. The molecule has 0 bridgehead atoms. The van der Waals surface area contributed by atoms with Gasteiger partial charge in [-0.1, -0.05) is 0 Å². The summed E-state index contributed by atoms with van der Waals surface area (Å²) in [6, 6.07) is 0.464. The van der Waals surface area contributed by atoms with Gasteiger partial charge in [-0.25, -0.2) is 0 Å². The molecule has 0 aliphatic heterocycles. The number of hydrogen-bond acceptors (Lipinski definition) is 2. The summed E-state index contributed by atoms with van der Waals surface area (Å²) in [6.45, 7) is 0. The van der Waals surface area contributed by atoms with Gasteiger partial charge in [0, 0.05) is 18.9 Å². The van der Waals surface area contributed by atoms with Crippen LogP contribution in [0.15, 0.2) is 0 Å². The molecule has 0 radical (unpaired) electrons. The van der Waals surface area contributed by atoms with Crippen LogP contribution in [0.2, 0.25) is 0 Å². The Labute approximate surface area is 55.6 Å². The topological polar surface area (TPSA) is 29.1 Å². The third-order valence-corrected chi connectivity index (χ3v) is 1.89. The third-order valence-electron chi connectivity index (χ3n) is 1.89. The van der Waals surface area contributed by atoms with Gasteiger partial charge in [-0.3, -0.25) is 4.79 Å². The number of ketones is 1. The van der Waals surface area contributed by atoms with Crippen molar-refractivity contribution in [2.24, 2.45) is 0 Å². The van der Waals surface area contributed by atoms with Crippen molar-refractivity contribution in [3.8, 4) is 0 Å². The van der Waals surface area contributed by atoms with E-state index in [1.54, 1.807) is 0 Å². The normalized spacial score (nSPS) is 28.6. The lowest BCUT2D eigenvalue weighted by molar-refractivity contribution is -0.120. The molecule has 2 heteroatoms. The van der Waals surface area contributed by atoms with E-state index in [0.717, 1.165) is 19.3 Å². The van der Waals surface area contributed by atoms with Crippen LogP contribution in [-0.4, -0.2) is 18.9 Å². The van der Waals surface area contributed by atoms with Gasteiger partial charge in [0.15, 0.2) is 0 Å². The van der Waals surface area contributed by atoms with Crippen molar-refractivity contribution in [1.29, 1.82) is 0 Å². The van der Waals surface area contributed by atoms with Gasteiger partial charge in [0.25, 0.3) is 0 Å². The molecule has 1 rings (SSSR count). The van der Waals surface area contributed by atoms with Gasteiger partial charge in [0.05, 0.1) is 0 Å². The molecule has 0 amide bonds. The van der Waals surface area contributed by atoms with E-state index < -0.39 is 0 Å². The fourth-order valence-corrected chi connectivity index (χ4v) is 1.27. The first-order valence-corrected chi connectivity index (χ1v) is 3.52. The first-order valence-electron chi connectivity index (χ1n) is 3.52. The summed E-state index contributed by atoms with van der Waals surface area (Å²) < 4.78 is 0. The van der Waals surface area contributed by atoms with Crippen LogP contribution in [0.5, 0.6) is 0 Å². The molecule has 9 heavy (non-hydrogen) atoms. The molecule has 1 N–H and O–H groups in total. The predicted molar refractivity (Wildman–Crippen MR) is 36.3 cm³/mol. The van der Waals surface area contributed by atoms with E-state index in [0.29, 0.717) is 11.8 Å². The highest BCUT2D eigenvalue weighted by Gasteiger charge is 2.16. The Hall–Kier alpha value is -0.370. The number of Topliss-reactive ketones (excluding diaryl/α,β-unsaturated/α-hetero) is 1. The zero-order valence-corrected chi connectivity index (χ0v) is 5.81. The van der Waals surface area contributed by atoms with Crippen LogP contribution in [-0.2, 0) is 4.79 Å². The highest BCUT2D eigenvalue weighted by atomic mass is 16.1. The Morgan fingerprint density at radius 3 is 2.89 bits per heavy atom. The summed E-state index contributed by atoms with van der Waals surface area (Å²) in [4.78, 5) is 10.8. The monoisotopic (exact) mass is 127 g/mol. The summed E-state index contributed by atoms with van der Waals surface area (Å²) in [5, 5.41) is 3.11. The summed E-state index contributed by atoms with van der Waals surface area (Å²) in [5.74, 6) is 0.417. The maximum Gasteiger partial charge on any atom is 0.134 e. The maximum absolute atomic E-state index is 10.8. The quantitative estimate of drug-likeness (QED) is 0.562. The molecule has 0 unspecified atom stereocenters. The summed E-state index contributed by atoms with van der Waals surface area (Å²) in [6.07, 6.45) is 3.79. The van der Waals surface area contributed by atoms with Crippen molar-refractivity contribution in [2.45, 2.75) is 31.7 Å². The van der Waals surface area contributed by atoms with Crippen LogP contribution in [0.25, 0.3) is 0 Å². The van der Waals surface area contributed by atoms with E-state index in [1.165, 1.54) is 6.42 Å². The molecular formula is C7H13NO. The fraction of sp³-hybridized carbons (Fsp3) is 0.857. The van der Waals surface area contributed by atoms with Crippen molar-refractivity contribution in [2.75, 3.05) is 7.05 Å². The molecule has 1 atom stereocenters. The van der Waals surface area contributed by atoms with Crippen LogP contribution in [0, 0.1) is 0 Å². The molecular weight excluding hydrogens is 114 g/mol. The second-order valence-corrected chi connectivity index (χ2v) is 2.62. The van der Waals surface area contributed by atoms with E-state index in [9.17, 15) is 4.79 Å². The molecule has 0 heterocycles.